The van der Waals surface area contributed by atoms with Crippen molar-refractivity contribution in [2.24, 2.45) is 11.3 Å². The Kier molecular flexibility index (Phi) is 13.7. The second kappa shape index (κ2) is 17.7. The van der Waals surface area contributed by atoms with Gasteiger partial charge in [-0.05, 0) is 47.9 Å². The first-order valence-electron chi connectivity index (χ1n) is 17.2. The van der Waals surface area contributed by atoms with E-state index in [2.05, 4.69) is 10.7 Å². The molecule has 0 saturated carbocycles. The molecule has 4 rings (SSSR count). The number of ether oxygens (including phenoxy) is 3. The van der Waals surface area contributed by atoms with Gasteiger partial charge in [0.15, 0.2) is 11.5 Å². The van der Waals surface area contributed by atoms with Gasteiger partial charge >= 0.3 is 6.09 Å². The fraction of sp³-hybridized carbons (Fsp3) is 0.447. The lowest BCUT2D eigenvalue weighted by Gasteiger charge is -2.38. The van der Waals surface area contributed by atoms with Crippen LogP contribution in [0.4, 0.5) is 4.79 Å². The number of hydrogen-bond donors (Lipinski definition) is 3. The number of rotatable bonds is 15. The number of hydrogen-bond acceptors (Lipinski definition) is 9. The van der Waals surface area contributed by atoms with Crippen LogP contribution in [0.3, 0.4) is 0 Å². The predicted octanol–water partition coefficient (Wildman–Crippen LogP) is 4.65. The van der Waals surface area contributed by atoms with Gasteiger partial charge in [0.1, 0.15) is 12.6 Å². The van der Waals surface area contributed by atoms with Gasteiger partial charge in [-0.3, -0.25) is 15.0 Å². The fourth-order valence-corrected chi connectivity index (χ4v) is 7.18. The topological polar surface area (TPSA) is 164 Å². The van der Waals surface area contributed by atoms with Gasteiger partial charge in [0.05, 0.1) is 17.0 Å². The van der Waals surface area contributed by atoms with Crippen LogP contribution < -0.4 is 20.2 Å². The van der Waals surface area contributed by atoms with Crippen LogP contribution in [-0.2, 0) is 37.4 Å². The largest absolute Gasteiger partial charge is 0.454 e. The summed E-state index contributed by atoms with van der Waals surface area (Å²) in [6.07, 6.45) is -2.26. The highest BCUT2D eigenvalue weighted by Gasteiger charge is 2.38. The Morgan fingerprint density at radius 3 is 2.12 bits per heavy atom. The van der Waals surface area contributed by atoms with Crippen LogP contribution in [0, 0.1) is 11.3 Å². The van der Waals surface area contributed by atoms with E-state index in [-0.39, 0.29) is 43.6 Å². The van der Waals surface area contributed by atoms with Crippen LogP contribution in [0.1, 0.15) is 59.1 Å². The molecule has 13 nitrogen and oxygen atoms in total. The maximum Gasteiger partial charge on any atom is 0.408 e. The Bertz CT molecular complexity index is 1770. The molecule has 14 heteroatoms. The number of benzene rings is 3. The number of fused-ring (bicyclic) bond motifs is 1. The number of aliphatic hydroxyl groups excluding tert-OH is 1. The highest BCUT2D eigenvalue weighted by Crippen LogP contribution is 2.35. The molecule has 282 valence electrons. The third kappa shape index (κ3) is 11.4. The molecule has 0 radical (unpaired) electrons. The molecular weight excluding hydrogens is 689 g/mol. The van der Waals surface area contributed by atoms with E-state index in [9.17, 15) is 27.9 Å². The molecule has 52 heavy (non-hydrogen) atoms. The predicted molar refractivity (Wildman–Crippen MR) is 194 cm³/mol. The molecule has 0 spiro atoms. The van der Waals surface area contributed by atoms with Gasteiger partial charge in [0.25, 0.3) is 5.91 Å². The summed E-state index contributed by atoms with van der Waals surface area (Å²) in [5, 5.41) is 15.6. The lowest BCUT2D eigenvalue weighted by atomic mass is 9.91. The number of alkyl carbamates (subject to hydrolysis) is 1. The first kappa shape index (κ1) is 40.1. The molecule has 3 amide bonds. The minimum atomic E-state index is -4.18. The smallest absolute Gasteiger partial charge is 0.408 e. The molecule has 0 aliphatic carbocycles. The zero-order chi connectivity index (χ0) is 38.1. The number of carbonyl (C=O) groups is 3. The van der Waals surface area contributed by atoms with Crippen molar-refractivity contribution in [1.29, 1.82) is 0 Å². The Morgan fingerprint density at radius 2 is 1.50 bits per heavy atom. The molecule has 3 aromatic carbocycles. The second-order valence-corrected chi connectivity index (χ2v) is 16.4. The third-order valence-electron chi connectivity index (χ3n) is 8.13. The number of hydrazine groups is 1. The van der Waals surface area contributed by atoms with Crippen LogP contribution in [0.15, 0.2) is 83.8 Å². The summed E-state index contributed by atoms with van der Waals surface area (Å²) in [5.74, 6) is -0.656. The summed E-state index contributed by atoms with van der Waals surface area (Å²) in [6.45, 7) is 10.4. The fourth-order valence-electron chi connectivity index (χ4n) is 5.54. The van der Waals surface area contributed by atoms with Gasteiger partial charge in [-0.25, -0.2) is 18.2 Å². The highest BCUT2D eigenvalue weighted by atomic mass is 32.2. The van der Waals surface area contributed by atoms with Crippen molar-refractivity contribution >= 4 is 27.9 Å². The van der Waals surface area contributed by atoms with Crippen molar-refractivity contribution in [3.05, 3.63) is 90.0 Å². The Hall–Kier alpha value is -4.66. The Morgan fingerprint density at radius 1 is 0.885 bits per heavy atom. The molecule has 3 N–H and O–H groups in total. The summed E-state index contributed by atoms with van der Waals surface area (Å²) in [4.78, 5) is 40.2. The lowest BCUT2D eigenvalue weighted by molar-refractivity contribution is -0.150. The van der Waals surface area contributed by atoms with Gasteiger partial charge in [0, 0.05) is 25.6 Å². The molecule has 0 fully saturated rings. The average molecular weight is 739 g/mol. The van der Waals surface area contributed by atoms with E-state index in [0.717, 1.165) is 16.1 Å². The first-order chi connectivity index (χ1) is 24.5. The maximum absolute atomic E-state index is 14.1. The Balaban J connectivity index is 1.63. The molecule has 3 atom stereocenters. The van der Waals surface area contributed by atoms with E-state index in [1.807, 2.05) is 71.0 Å². The van der Waals surface area contributed by atoms with Gasteiger partial charge < -0.3 is 24.6 Å². The van der Waals surface area contributed by atoms with Crippen molar-refractivity contribution in [2.45, 2.75) is 84.1 Å². The zero-order valence-corrected chi connectivity index (χ0v) is 31.4. The molecule has 1 aliphatic rings. The number of carbonyl (C=O) groups excluding carboxylic acids is 3. The molecule has 1 heterocycles. The standard InChI is InChI=1S/C38H50N4O9S/c1-26(2)22-41(52(47,48)30-17-18-33-34(20-30)51-25-50-33)23-32(43)31(19-28-13-9-7-10-14-28)42(35(44)21-38(4,5)6)40-36(45)27(3)39-37(46)49-24-29-15-11-8-12-16-29/h7-18,20,26-27,31-32,43H,19,21-25H2,1-6H3,(H,39,46)(H,40,45)/t27-,31?,32-/m1/s1. The summed E-state index contributed by atoms with van der Waals surface area (Å²) in [7, 11) is -4.18. The molecule has 0 aromatic heterocycles. The molecule has 1 unspecified atom stereocenters. The van der Waals surface area contributed by atoms with E-state index >= 15 is 0 Å². The van der Waals surface area contributed by atoms with E-state index in [1.54, 1.807) is 24.3 Å². The molecule has 0 saturated heterocycles. The van der Waals surface area contributed by atoms with Gasteiger partial charge in [-0.2, -0.15) is 4.31 Å². The van der Waals surface area contributed by atoms with E-state index in [0.29, 0.717) is 11.5 Å². The minimum absolute atomic E-state index is 0.00933. The molecule has 1 aliphatic heterocycles. The summed E-state index contributed by atoms with van der Waals surface area (Å²) >= 11 is 0. The van der Waals surface area contributed by atoms with Gasteiger partial charge in [0.2, 0.25) is 22.7 Å². The third-order valence-corrected chi connectivity index (χ3v) is 9.95. The van der Waals surface area contributed by atoms with Crippen molar-refractivity contribution in [1.82, 2.24) is 20.1 Å². The normalized spacial score (nSPS) is 14.4. The van der Waals surface area contributed by atoms with Gasteiger partial charge in [-0.1, -0.05) is 95.3 Å². The van der Waals surface area contributed by atoms with E-state index in [4.69, 9.17) is 14.2 Å². The monoisotopic (exact) mass is 738 g/mol. The van der Waals surface area contributed by atoms with Crippen LogP contribution in [0.25, 0.3) is 0 Å². The Labute approximate surface area is 306 Å². The van der Waals surface area contributed by atoms with Crippen LogP contribution in [0.2, 0.25) is 0 Å². The highest BCUT2D eigenvalue weighted by molar-refractivity contribution is 7.89. The summed E-state index contributed by atoms with van der Waals surface area (Å²) < 4.78 is 45.4. The first-order valence-corrected chi connectivity index (χ1v) is 18.7. The number of amides is 3. The van der Waals surface area contributed by atoms with Crippen LogP contribution in [-0.4, -0.2) is 78.8 Å². The number of sulfonamides is 1. The maximum atomic E-state index is 14.1. The lowest BCUT2D eigenvalue weighted by Crippen LogP contribution is -2.61. The summed E-state index contributed by atoms with van der Waals surface area (Å²) in [5.41, 5.74) is 3.63. The number of nitrogens with one attached hydrogen (secondary N) is 2. The minimum Gasteiger partial charge on any atom is -0.454 e. The quantitative estimate of drug-likeness (QED) is 0.189. The van der Waals surface area contributed by atoms with Crippen LogP contribution >= 0.6 is 0 Å². The van der Waals surface area contributed by atoms with E-state index < -0.39 is 58.1 Å². The van der Waals surface area contributed by atoms with Crippen LogP contribution in [0.5, 0.6) is 11.5 Å². The number of nitrogens with zero attached hydrogens (tertiary/aromatic N) is 2. The van der Waals surface area contributed by atoms with E-state index in [1.165, 1.54) is 29.4 Å². The SMILES string of the molecule is CC(C)CN(C[C@@H](O)C(Cc1ccccc1)N(NC(=O)[C@@H](C)NC(=O)OCc1ccccc1)C(=O)CC(C)(C)C)S(=O)(=O)c1ccc2c(c1)OCO2. The van der Waals surface area contributed by atoms with Crippen molar-refractivity contribution in [2.75, 3.05) is 19.9 Å². The molecular formula is C38H50N4O9S. The summed E-state index contributed by atoms with van der Waals surface area (Å²) in [6, 6.07) is 20.2. The second-order valence-electron chi connectivity index (χ2n) is 14.5. The average Bonchev–Trinajstić information content (AvgIpc) is 3.56. The molecule has 0 bridgehead atoms. The molecule has 3 aromatic rings. The van der Waals surface area contributed by atoms with Crippen molar-refractivity contribution < 1.29 is 42.1 Å². The van der Waals surface area contributed by atoms with Crippen molar-refractivity contribution in [3.63, 3.8) is 0 Å². The number of aliphatic hydroxyl groups is 1. The zero-order valence-electron chi connectivity index (χ0n) is 30.6. The van der Waals surface area contributed by atoms with Crippen molar-refractivity contribution in [3.8, 4) is 11.5 Å². The van der Waals surface area contributed by atoms with Gasteiger partial charge in [-0.15, -0.1) is 0 Å².